The number of terminal acetylenes is 1. The lowest BCUT2D eigenvalue weighted by molar-refractivity contribution is -0.0349. The summed E-state index contributed by atoms with van der Waals surface area (Å²) >= 11 is 10.8. The number of ether oxygens (including phenoxy) is 2. The fourth-order valence-electron chi connectivity index (χ4n) is 2.94. The maximum Gasteiger partial charge on any atom is 0.101 e. The Morgan fingerprint density at radius 2 is 1.90 bits per heavy atom. The van der Waals surface area contributed by atoms with Gasteiger partial charge >= 0.3 is 0 Å². The molecule has 8 atom stereocenters. The molecule has 0 amide bonds. The number of hydrogen-bond donors (Lipinski definition) is 1. The van der Waals surface area contributed by atoms with Gasteiger partial charge in [0.25, 0.3) is 0 Å². The Bertz CT molecular complexity index is 387. The van der Waals surface area contributed by atoms with E-state index in [1.165, 1.54) is 0 Å². The Labute approximate surface area is 151 Å². The van der Waals surface area contributed by atoms with Gasteiger partial charge in [-0.05, 0) is 12.8 Å². The van der Waals surface area contributed by atoms with Crippen LogP contribution in [0.2, 0.25) is 0 Å². The number of aliphatic hydroxyl groups excluding tert-OH is 1. The molecular formula is C15H21Br3O3. The van der Waals surface area contributed by atoms with Crippen LogP contribution in [0.25, 0.3) is 0 Å². The molecule has 2 fully saturated rings. The van der Waals surface area contributed by atoms with E-state index in [-0.39, 0.29) is 29.2 Å². The van der Waals surface area contributed by atoms with Crippen LogP contribution in [0, 0.1) is 12.3 Å². The molecule has 0 aromatic carbocycles. The second kappa shape index (κ2) is 8.12. The van der Waals surface area contributed by atoms with Crippen molar-refractivity contribution in [2.75, 3.05) is 0 Å². The smallest absolute Gasteiger partial charge is 0.101 e. The minimum absolute atomic E-state index is 0.0691. The van der Waals surface area contributed by atoms with Crippen molar-refractivity contribution in [2.24, 2.45) is 0 Å². The summed E-state index contributed by atoms with van der Waals surface area (Å²) in [6, 6.07) is 0. The van der Waals surface area contributed by atoms with Gasteiger partial charge in [0.2, 0.25) is 0 Å². The van der Waals surface area contributed by atoms with Gasteiger partial charge in [-0.2, -0.15) is 0 Å². The standard InChI is InChI=1S/C15H21Br3O3/c1-3-8(16)12-5-10(18)14(20-12)7-15-11(19)6-13(21-15)9(17)4-2/h2,8-15,19H,3,5-7H2,1H3/t8-,9-,10+,11-,12-,13-,14+,15-/m1/s1. The summed E-state index contributed by atoms with van der Waals surface area (Å²) in [4.78, 5) is 0.524. The van der Waals surface area contributed by atoms with Crippen LogP contribution < -0.4 is 0 Å². The third-order valence-corrected chi connectivity index (χ3v) is 7.26. The van der Waals surface area contributed by atoms with E-state index in [1.807, 2.05) is 0 Å². The zero-order chi connectivity index (χ0) is 15.6. The lowest BCUT2D eigenvalue weighted by Crippen LogP contribution is -2.30. The zero-order valence-electron chi connectivity index (χ0n) is 11.9. The highest BCUT2D eigenvalue weighted by atomic mass is 79.9. The van der Waals surface area contributed by atoms with Crippen molar-refractivity contribution in [1.82, 2.24) is 0 Å². The van der Waals surface area contributed by atoms with Gasteiger partial charge in [0.05, 0.1) is 30.5 Å². The first-order valence-corrected chi connectivity index (χ1v) is 10.1. The first-order valence-electron chi connectivity index (χ1n) is 7.33. The summed E-state index contributed by atoms with van der Waals surface area (Å²) in [5.41, 5.74) is 0. The Morgan fingerprint density at radius 3 is 2.52 bits per heavy atom. The van der Waals surface area contributed by atoms with Crippen molar-refractivity contribution < 1.29 is 14.6 Å². The van der Waals surface area contributed by atoms with Gasteiger partial charge in [-0.3, -0.25) is 0 Å². The molecule has 0 saturated carbocycles. The highest BCUT2D eigenvalue weighted by molar-refractivity contribution is 9.10. The monoisotopic (exact) mass is 486 g/mol. The molecule has 2 aliphatic rings. The summed E-state index contributed by atoms with van der Waals surface area (Å²) in [6.07, 6.45) is 8.16. The van der Waals surface area contributed by atoms with E-state index in [0.29, 0.717) is 22.5 Å². The van der Waals surface area contributed by atoms with Crippen LogP contribution in [-0.4, -0.2) is 50.1 Å². The van der Waals surface area contributed by atoms with E-state index in [2.05, 4.69) is 60.6 Å². The van der Waals surface area contributed by atoms with Crippen LogP contribution in [0.3, 0.4) is 0 Å². The molecule has 6 heteroatoms. The third kappa shape index (κ3) is 4.45. The van der Waals surface area contributed by atoms with Gasteiger partial charge in [0, 0.05) is 22.5 Å². The molecule has 2 rings (SSSR count). The van der Waals surface area contributed by atoms with E-state index >= 15 is 0 Å². The fraction of sp³-hybridized carbons (Fsp3) is 0.867. The van der Waals surface area contributed by atoms with Crippen molar-refractivity contribution in [3.8, 4) is 12.3 Å². The van der Waals surface area contributed by atoms with Crippen molar-refractivity contribution in [3.63, 3.8) is 0 Å². The predicted octanol–water partition coefficient (Wildman–Crippen LogP) is 3.39. The molecule has 0 aromatic heterocycles. The van der Waals surface area contributed by atoms with Crippen LogP contribution in [0.5, 0.6) is 0 Å². The average Bonchev–Trinajstić information content (AvgIpc) is 3.02. The number of hydrogen-bond acceptors (Lipinski definition) is 3. The molecule has 120 valence electrons. The maximum atomic E-state index is 10.2. The Kier molecular flexibility index (Phi) is 7.05. The third-order valence-electron chi connectivity index (χ3n) is 4.21. The predicted molar refractivity (Wildman–Crippen MR) is 94.4 cm³/mol. The molecule has 3 nitrogen and oxygen atoms in total. The molecule has 0 unspecified atom stereocenters. The summed E-state index contributed by atoms with van der Waals surface area (Å²) in [5.74, 6) is 2.61. The van der Waals surface area contributed by atoms with E-state index in [4.69, 9.17) is 15.9 Å². The fourth-order valence-corrected chi connectivity index (χ4v) is 4.33. The van der Waals surface area contributed by atoms with Crippen molar-refractivity contribution in [3.05, 3.63) is 0 Å². The highest BCUT2D eigenvalue weighted by Crippen LogP contribution is 2.37. The Hall–Kier alpha value is 0.880. The molecule has 0 bridgehead atoms. The topological polar surface area (TPSA) is 38.7 Å². The van der Waals surface area contributed by atoms with Crippen LogP contribution in [-0.2, 0) is 9.47 Å². The molecule has 1 N–H and O–H groups in total. The second-order valence-corrected chi connectivity index (χ2v) is 9.05. The first kappa shape index (κ1) is 18.2. The molecule has 2 aliphatic heterocycles. The SMILES string of the molecule is C#C[C@@H](Br)[C@H]1C[C@@H](O)[C@@H](C[C@@H]2O[C@@H]([C@H](Br)CC)C[C@@H]2Br)O1. The molecule has 21 heavy (non-hydrogen) atoms. The van der Waals surface area contributed by atoms with E-state index in [0.717, 1.165) is 12.8 Å². The van der Waals surface area contributed by atoms with Gasteiger partial charge in [-0.25, -0.2) is 0 Å². The minimum Gasteiger partial charge on any atom is -0.390 e. The van der Waals surface area contributed by atoms with E-state index in [1.54, 1.807) is 0 Å². The average molecular weight is 489 g/mol. The van der Waals surface area contributed by atoms with Crippen molar-refractivity contribution >= 4 is 47.8 Å². The Balaban J connectivity index is 1.89. The summed E-state index contributed by atoms with van der Waals surface area (Å²) in [7, 11) is 0. The van der Waals surface area contributed by atoms with Gasteiger partial charge in [0.15, 0.2) is 0 Å². The second-order valence-electron chi connectivity index (χ2n) is 5.71. The number of aliphatic hydroxyl groups is 1. The van der Waals surface area contributed by atoms with E-state index < -0.39 is 6.10 Å². The lowest BCUT2D eigenvalue weighted by Gasteiger charge is -2.22. The van der Waals surface area contributed by atoms with Gasteiger partial charge < -0.3 is 14.6 Å². The van der Waals surface area contributed by atoms with Crippen LogP contribution in [0.15, 0.2) is 0 Å². The maximum absolute atomic E-state index is 10.2. The molecule has 0 aliphatic carbocycles. The molecule has 2 saturated heterocycles. The Morgan fingerprint density at radius 1 is 1.24 bits per heavy atom. The van der Waals surface area contributed by atoms with Gasteiger partial charge in [0.1, 0.15) is 4.83 Å². The summed E-state index contributed by atoms with van der Waals surface area (Å²) in [5, 5.41) is 10.2. The molecule has 2 heterocycles. The van der Waals surface area contributed by atoms with Gasteiger partial charge in [-0.15, -0.1) is 6.42 Å². The van der Waals surface area contributed by atoms with Crippen LogP contribution in [0.4, 0.5) is 0 Å². The van der Waals surface area contributed by atoms with Crippen LogP contribution in [0.1, 0.15) is 32.6 Å². The van der Waals surface area contributed by atoms with E-state index in [9.17, 15) is 5.11 Å². The zero-order valence-corrected chi connectivity index (χ0v) is 16.7. The summed E-state index contributed by atoms with van der Waals surface area (Å²) in [6.45, 7) is 2.14. The lowest BCUT2D eigenvalue weighted by atomic mass is 10.0. The van der Waals surface area contributed by atoms with Gasteiger partial charge in [-0.1, -0.05) is 60.6 Å². The molecule has 0 aromatic rings. The number of alkyl halides is 3. The largest absolute Gasteiger partial charge is 0.390 e. The molecular weight excluding hydrogens is 468 g/mol. The quantitative estimate of drug-likeness (QED) is 0.476. The van der Waals surface area contributed by atoms with Crippen molar-refractivity contribution in [1.29, 1.82) is 0 Å². The van der Waals surface area contributed by atoms with Crippen molar-refractivity contribution in [2.45, 2.75) is 77.6 Å². The first-order chi connectivity index (χ1) is 9.96. The molecule has 0 spiro atoms. The minimum atomic E-state index is -0.475. The number of halogens is 3. The van der Waals surface area contributed by atoms with Crippen LogP contribution >= 0.6 is 47.8 Å². The highest BCUT2D eigenvalue weighted by Gasteiger charge is 2.43. The summed E-state index contributed by atoms with van der Waals surface area (Å²) < 4.78 is 12.0. The number of rotatable bonds is 5. The molecule has 0 radical (unpaired) electrons. The normalized spacial score (nSPS) is 42.7.